The van der Waals surface area contributed by atoms with Crippen molar-refractivity contribution in [2.75, 3.05) is 7.11 Å². The smallest absolute Gasteiger partial charge is 0.161 e. The summed E-state index contributed by atoms with van der Waals surface area (Å²) in [6.45, 7) is 6.21. The summed E-state index contributed by atoms with van der Waals surface area (Å²) in [6, 6.07) is 0. The summed E-state index contributed by atoms with van der Waals surface area (Å²) in [5, 5.41) is 11.2. The van der Waals surface area contributed by atoms with Crippen molar-refractivity contribution in [3.63, 3.8) is 0 Å². The monoisotopic (exact) mass is 344 g/mol. The van der Waals surface area contributed by atoms with Crippen LogP contribution in [0.25, 0.3) is 0 Å². The number of methoxy groups -OCH3 is 1. The Morgan fingerprint density at radius 2 is 1.92 bits per heavy atom. The van der Waals surface area contributed by atoms with Gasteiger partial charge in [-0.15, -0.1) is 0 Å². The number of allylic oxidation sites excluding steroid dienone is 4. The van der Waals surface area contributed by atoms with Crippen LogP contribution in [0.5, 0.6) is 0 Å². The molecule has 0 aliphatic heterocycles. The highest BCUT2D eigenvalue weighted by Gasteiger charge is 2.65. The third-order valence-electron chi connectivity index (χ3n) is 8.73. The number of aliphatic hydroxyl groups is 1. The van der Waals surface area contributed by atoms with Crippen LogP contribution in [0, 0.1) is 28.6 Å². The molecular weight excluding hydrogens is 312 g/mol. The van der Waals surface area contributed by atoms with Crippen molar-refractivity contribution in [2.45, 2.75) is 71.3 Å². The first-order valence-corrected chi connectivity index (χ1v) is 9.95. The van der Waals surface area contributed by atoms with E-state index < -0.39 is 5.60 Å². The van der Waals surface area contributed by atoms with Gasteiger partial charge in [-0.2, -0.15) is 0 Å². The molecule has 0 saturated heterocycles. The van der Waals surface area contributed by atoms with E-state index in [-0.39, 0.29) is 16.6 Å². The number of ketones is 1. The van der Waals surface area contributed by atoms with Gasteiger partial charge in [0.05, 0.1) is 12.9 Å². The van der Waals surface area contributed by atoms with Crippen molar-refractivity contribution in [3.8, 4) is 0 Å². The standard InChI is InChI=1S/C22H32O3/c1-14(23)22(24)12-9-19-17-6-5-15-13-16(25-4)7-10-20(15,2)18(17)8-11-21(19,22)3/h5,13,17-19,24H,6-12H2,1-4H3/t17-,18+,19+,20+,21+,22+/m1/s1. The third-order valence-corrected chi connectivity index (χ3v) is 8.73. The number of rotatable bonds is 2. The molecule has 0 heterocycles. The van der Waals surface area contributed by atoms with Gasteiger partial charge in [-0.1, -0.05) is 19.9 Å². The Kier molecular flexibility index (Phi) is 3.78. The van der Waals surface area contributed by atoms with E-state index in [0.29, 0.717) is 24.2 Å². The second-order valence-electron chi connectivity index (χ2n) is 9.42. The normalized spacial score (nSPS) is 48.6. The van der Waals surface area contributed by atoms with Gasteiger partial charge >= 0.3 is 0 Å². The molecule has 0 aromatic rings. The van der Waals surface area contributed by atoms with Gasteiger partial charge in [0.1, 0.15) is 5.60 Å². The van der Waals surface area contributed by atoms with E-state index in [2.05, 4.69) is 26.0 Å². The average Bonchev–Trinajstić information content (AvgIpc) is 2.87. The van der Waals surface area contributed by atoms with E-state index in [4.69, 9.17) is 4.74 Å². The number of hydrogen-bond acceptors (Lipinski definition) is 3. The Bertz CT molecular complexity index is 662. The second kappa shape index (κ2) is 5.45. The van der Waals surface area contributed by atoms with Crippen LogP contribution in [-0.4, -0.2) is 23.6 Å². The molecule has 2 saturated carbocycles. The summed E-state index contributed by atoms with van der Waals surface area (Å²) < 4.78 is 5.51. The molecule has 0 aromatic carbocycles. The van der Waals surface area contributed by atoms with E-state index in [1.807, 2.05) is 0 Å². The topological polar surface area (TPSA) is 46.5 Å². The van der Waals surface area contributed by atoms with Gasteiger partial charge in [-0.3, -0.25) is 4.79 Å². The van der Waals surface area contributed by atoms with Crippen LogP contribution in [0.2, 0.25) is 0 Å². The summed E-state index contributed by atoms with van der Waals surface area (Å²) in [4.78, 5) is 12.3. The molecule has 0 bridgehead atoms. The molecule has 2 fully saturated rings. The Morgan fingerprint density at radius 3 is 2.60 bits per heavy atom. The fourth-order valence-corrected chi connectivity index (χ4v) is 7.05. The molecule has 0 aromatic heterocycles. The van der Waals surface area contributed by atoms with Crippen LogP contribution < -0.4 is 0 Å². The second-order valence-corrected chi connectivity index (χ2v) is 9.42. The molecule has 0 unspecified atom stereocenters. The summed E-state index contributed by atoms with van der Waals surface area (Å²) in [5.74, 6) is 2.80. The maximum atomic E-state index is 12.3. The minimum absolute atomic E-state index is 0.0282. The lowest BCUT2D eigenvalue weighted by Gasteiger charge is -2.57. The molecule has 25 heavy (non-hydrogen) atoms. The Balaban J connectivity index is 1.70. The van der Waals surface area contributed by atoms with Crippen molar-refractivity contribution in [2.24, 2.45) is 28.6 Å². The van der Waals surface area contributed by atoms with Gasteiger partial charge in [0.25, 0.3) is 0 Å². The van der Waals surface area contributed by atoms with Gasteiger partial charge in [-0.05, 0) is 80.3 Å². The summed E-state index contributed by atoms with van der Waals surface area (Å²) in [5.41, 5.74) is 0.330. The Morgan fingerprint density at radius 1 is 1.20 bits per heavy atom. The van der Waals surface area contributed by atoms with Crippen molar-refractivity contribution >= 4 is 5.78 Å². The van der Waals surface area contributed by atoms with Crippen LogP contribution in [0.15, 0.2) is 23.5 Å². The maximum Gasteiger partial charge on any atom is 0.161 e. The van der Waals surface area contributed by atoms with E-state index in [1.54, 1.807) is 14.0 Å². The highest BCUT2D eigenvalue weighted by molar-refractivity contribution is 5.86. The first-order valence-electron chi connectivity index (χ1n) is 9.95. The van der Waals surface area contributed by atoms with E-state index >= 15 is 0 Å². The van der Waals surface area contributed by atoms with Gasteiger partial charge < -0.3 is 9.84 Å². The predicted molar refractivity (Wildman–Crippen MR) is 97.8 cm³/mol. The Labute approximate surface area is 151 Å². The Hall–Kier alpha value is -1.09. The first-order chi connectivity index (χ1) is 11.8. The minimum Gasteiger partial charge on any atom is -0.501 e. The van der Waals surface area contributed by atoms with Crippen molar-refractivity contribution in [3.05, 3.63) is 23.5 Å². The van der Waals surface area contributed by atoms with Crippen LogP contribution in [0.4, 0.5) is 0 Å². The predicted octanol–water partition coefficient (Wildman–Crippen LogP) is 4.41. The molecule has 6 atom stereocenters. The number of fused-ring (bicyclic) bond motifs is 5. The fourth-order valence-electron chi connectivity index (χ4n) is 7.05. The lowest BCUT2D eigenvalue weighted by molar-refractivity contribution is -0.158. The minimum atomic E-state index is -1.11. The molecule has 1 N–H and O–H groups in total. The lowest BCUT2D eigenvalue weighted by atomic mass is 9.47. The molecule has 0 amide bonds. The first kappa shape index (κ1) is 17.3. The highest BCUT2D eigenvalue weighted by atomic mass is 16.5. The molecule has 4 aliphatic rings. The zero-order chi connectivity index (χ0) is 18.0. The molecule has 0 spiro atoms. The van der Waals surface area contributed by atoms with Gasteiger partial charge in [-0.25, -0.2) is 0 Å². The van der Waals surface area contributed by atoms with E-state index in [1.165, 1.54) is 5.57 Å². The molecule has 4 rings (SSSR count). The third kappa shape index (κ3) is 2.11. The summed E-state index contributed by atoms with van der Waals surface area (Å²) in [7, 11) is 1.77. The number of carbonyl (C=O) groups excluding carboxylic acids is 1. The highest BCUT2D eigenvalue weighted by Crippen LogP contribution is 2.67. The van der Waals surface area contributed by atoms with Crippen molar-refractivity contribution in [1.82, 2.24) is 0 Å². The number of Topliss-reactive ketones (excluding diaryl/α,β-unsaturated/α-hetero) is 1. The van der Waals surface area contributed by atoms with Crippen LogP contribution in [0.1, 0.15) is 65.7 Å². The van der Waals surface area contributed by atoms with E-state index in [0.717, 1.165) is 44.3 Å². The van der Waals surface area contributed by atoms with Gasteiger partial charge in [0.2, 0.25) is 0 Å². The molecule has 3 heteroatoms. The number of carbonyl (C=O) groups is 1. The van der Waals surface area contributed by atoms with Crippen LogP contribution in [-0.2, 0) is 9.53 Å². The fraction of sp³-hybridized carbons (Fsp3) is 0.773. The molecule has 0 radical (unpaired) electrons. The van der Waals surface area contributed by atoms with Crippen molar-refractivity contribution in [1.29, 1.82) is 0 Å². The van der Waals surface area contributed by atoms with Crippen molar-refractivity contribution < 1.29 is 14.6 Å². The molecule has 4 aliphatic carbocycles. The lowest BCUT2D eigenvalue weighted by Crippen LogP contribution is -2.56. The quantitative estimate of drug-likeness (QED) is 0.807. The van der Waals surface area contributed by atoms with Crippen LogP contribution >= 0.6 is 0 Å². The number of hydrogen-bond donors (Lipinski definition) is 1. The van der Waals surface area contributed by atoms with Gasteiger partial charge in [0, 0.05) is 11.8 Å². The maximum absolute atomic E-state index is 12.3. The summed E-state index contributed by atoms with van der Waals surface area (Å²) >= 11 is 0. The number of ether oxygens (including phenoxy) is 1. The average molecular weight is 344 g/mol. The molecular formula is C22H32O3. The zero-order valence-corrected chi connectivity index (χ0v) is 16.1. The SMILES string of the molecule is COC1=CC2=CC[C@@H]3[C@H](CC[C@@]4(C)[C@H]3CC[C@]4(O)C(C)=O)[C@@]2(C)CC1. The summed E-state index contributed by atoms with van der Waals surface area (Å²) in [6.07, 6.45) is 11.7. The zero-order valence-electron chi connectivity index (χ0n) is 16.1. The molecule has 138 valence electrons. The molecule has 3 nitrogen and oxygen atoms in total. The van der Waals surface area contributed by atoms with E-state index in [9.17, 15) is 9.90 Å². The largest absolute Gasteiger partial charge is 0.501 e. The van der Waals surface area contributed by atoms with Gasteiger partial charge in [0.15, 0.2) is 5.78 Å². The van der Waals surface area contributed by atoms with Crippen LogP contribution in [0.3, 0.4) is 0 Å².